The number of carbonyl (C=O) groups is 2. The van der Waals surface area contributed by atoms with Crippen LogP contribution in [-0.4, -0.2) is 40.2 Å². The van der Waals surface area contributed by atoms with E-state index in [1.165, 1.54) is 54.5 Å². The number of nitro groups is 1. The van der Waals surface area contributed by atoms with E-state index in [1.54, 1.807) is 0 Å². The molecule has 0 saturated carbocycles. The summed E-state index contributed by atoms with van der Waals surface area (Å²) in [4.78, 5) is 39.3. The number of nitrogens with zero attached hydrogens (tertiary/aromatic N) is 2. The molecular formula is C18H18N4O5S. The van der Waals surface area contributed by atoms with E-state index in [1.807, 2.05) is 0 Å². The third-order valence-electron chi connectivity index (χ3n) is 4.10. The molecule has 1 aromatic heterocycles. The van der Waals surface area contributed by atoms with Gasteiger partial charge >= 0.3 is 0 Å². The Morgan fingerprint density at radius 2 is 1.89 bits per heavy atom. The molecule has 1 saturated heterocycles. The molecule has 9 nitrogen and oxygen atoms in total. The minimum Gasteiger partial charge on any atom is -0.377 e. The van der Waals surface area contributed by atoms with Crippen molar-refractivity contribution in [3.05, 3.63) is 64.0 Å². The average molecular weight is 402 g/mol. The maximum atomic E-state index is 12.2. The molecule has 2 aromatic rings. The molecule has 2 N–H and O–H groups in total. The minimum absolute atomic E-state index is 0.0724. The average Bonchev–Trinajstić information content (AvgIpc) is 3.24. The highest BCUT2D eigenvalue weighted by atomic mass is 32.2. The highest BCUT2D eigenvalue weighted by Crippen LogP contribution is 2.32. The van der Waals surface area contributed by atoms with Crippen molar-refractivity contribution in [2.45, 2.75) is 23.8 Å². The lowest BCUT2D eigenvalue weighted by Gasteiger charge is -2.10. The molecule has 146 valence electrons. The molecule has 3 rings (SSSR count). The van der Waals surface area contributed by atoms with Gasteiger partial charge in [-0.05, 0) is 37.1 Å². The van der Waals surface area contributed by atoms with Crippen LogP contribution >= 0.6 is 11.8 Å². The van der Waals surface area contributed by atoms with E-state index >= 15 is 0 Å². The second-order valence-corrected chi connectivity index (χ2v) is 7.09. The molecule has 1 atom stereocenters. The van der Waals surface area contributed by atoms with E-state index in [0.717, 1.165) is 19.4 Å². The molecule has 0 spiro atoms. The molecule has 2 heterocycles. The van der Waals surface area contributed by atoms with Crippen LogP contribution in [0, 0.1) is 10.1 Å². The quantitative estimate of drug-likeness (QED) is 0.432. The van der Waals surface area contributed by atoms with Gasteiger partial charge in [-0.2, -0.15) is 0 Å². The Morgan fingerprint density at radius 1 is 1.18 bits per heavy atom. The van der Waals surface area contributed by atoms with E-state index in [-0.39, 0.29) is 17.4 Å². The summed E-state index contributed by atoms with van der Waals surface area (Å²) in [5, 5.41) is 11.4. The molecule has 1 aliphatic heterocycles. The number of hydrogen-bond donors (Lipinski definition) is 2. The van der Waals surface area contributed by atoms with Crippen LogP contribution in [0.4, 0.5) is 5.69 Å². The number of rotatable bonds is 6. The summed E-state index contributed by atoms with van der Waals surface area (Å²) in [7, 11) is 0. The van der Waals surface area contributed by atoms with Gasteiger partial charge in [0.1, 0.15) is 0 Å². The van der Waals surface area contributed by atoms with Crippen LogP contribution in [0.5, 0.6) is 0 Å². The van der Waals surface area contributed by atoms with Crippen LogP contribution in [-0.2, 0) is 4.74 Å². The van der Waals surface area contributed by atoms with Crippen LogP contribution in [0.25, 0.3) is 0 Å². The molecule has 2 amide bonds. The van der Waals surface area contributed by atoms with E-state index in [4.69, 9.17) is 4.74 Å². The Labute approximate surface area is 165 Å². The first-order valence-corrected chi connectivity index (χ1v) is 9.56. The van der Waals surface area contributed by atoms with Crippen molar-refractivity contribution >= 4 is 29.3 Å². The third-order valence-corrected chi connectivity index (χ3v) is 5.29. The Kier molecular flexibility index (Phi) is 6.56. The maximum Gasteiger partial charge on any atom is 0.283 e. The molecule has 1 fully saturated rings. The zero-order valence-electron chi connectivity index (χ0n) is 14.8. The molecule has 10 heteroatoms. The maximum absolute atomic E-state index is 12.2. The number of carbonyl (C=O) groups excluding carboxylic acids is 2. The second-order valence-electron chi connectivity index (χ2n) is 6.03. The normalized spacial score (nSPS) is 15.8. The van der Waals surface area contributed by atoms with Crippen LogP contribution in [0.1, 0.15) is 33.6 Å². The topological polar surface area (TPSA) is 123 Å². The molecule has 0 aliphatic carbocycles. The molecular weight excluding hydrogens is 384 g/mol. The predicted octanol–water partition coefficient (Wildman–Crippen LogP) is 2.34. The predicted molar refractivity (Wildman–Crippen MR) is 102 cm³/mol. The Morgan fingerprint density at radius 3 is 2.54 bits per heavy atom. The van der Waals surface area contributed by atoms with Gasteiger partial charge in [0.15, 0.2) is 0 Å². The van der Waals surface area contributed by atoms with E-state index in [9.17, 15) is 19.7 Å². The van der Waals surface area contributed by atoms with Gasteiger partial charge in [-0.25, -0.2) is 0 Å². The van der Waals surface area contributed by atoms with Crippen molar-refractivity contribution in [2.24, 2.45) is 0 Å². The lowest BCUT2D eigenvalue weighted by molar-refractivity contribution is -0.387. The highest BCUT2D eigenvalue weighted by Gasteiger charge is 2.21. The van der Waals surface area contributed by atoms with E-state index in [0.29, 0.717) is 16.2 Å². The van der Waals surface area contributed by atoms with Gasteiger partial charge in [-0.3, -0.25) is 35.5 Å². The van der Waals surface area contributed by atoms with Crippen molar-refractivity contribution < 1.29 is 19.2 Å². The van der Waals surface area contributed by atoms with Crippen LogP contribution in [0.3, 0.4) is 0 Å². The monoisotopic (exact) mass is 402 g/mol. The fourth-order valence-corrected chi connectivity index (χ4v) is 3.72. The van der Waals surface area contributed by atoms with Crippen molar-refractivity contribution in [2.75, 3.05) is 12.4 Å². The van der Waals surface area contributed by atoms with Gasteiger partial charge in [-0.15, -0.1) is 11.8 Å². The highest BCUT2D eigenvalue weighted by molar-refractivity contribution is 7.99. The molecule has 0 radical (unpaired) electrons. The van der Waals surface area contributed by atoms with Gasteiger partial charge in [0.2, 0.25) is 0 Å². The van der Waals surface area contributed by atoms with Gasteiger partial charge < -0.3 is 4.74 Å². The summed E-state index contributed by atoms with van der Waals surface area (Å²) in [5.41, 5.74) is 4.75. The summed E-state index contributed by atoms with van der Waals surface area (Å²) in [6.45, 7) is 0.720. The zero-order chi connectivity index (χ0) is 19.9. The SMILES string of the molecule is O=C(NNC(=O)c1ccc(SC[C@@H]2CCCO2)c([N+](=O)[O-])c1)c1ccncc1. The van der Waals surface area contributed by atoms with Gasteiger partial charge in [0.05, 0.1) is 15.9 Å². The largest absolute Gasteiger partial charge is 0.377 e. The minimum atomic E-state index is -0.652. The van der Waals surface area contributed by atoms with Crippen LogP contribution < -0.4 is 10.9 Å². The fraction of sp³-hybridized carbons (Fsp3) is 0.278. The Hall–Kier alpha value is -2.98. The van der Waals surface area contributed by atoms with E-state index in [2.05, 4.69) is 15.8 Å². The number of hydrazine groups is 1. The standard InChI is InChI=1S/C18H18N4O5S/c23-17(12-5-7-19-8-6-12)20-21-18(24)13-3-4-16(15(10-13)22(25)26)28-11-14-2-1-9-27-14/h3-8,10,14H,1-2,9,11H2,(H,20,23)(H,21,24)/t14-/m0/s1. The smallest absolute Gasteiger partial charge is 0.283 e. The first-order valence-electron chi connectivity index (χ1n) is 8.58. The number of benzene rings is 1. The molecule has 1 aliphatic rings. The molecule has 0 unspecified atom stereocenters. The van der Waals surface area contributed by atoms with Crippen molar-refractivity contribution in [3.63, 3.8) is 0 Å². The van der Waals surface area contributed by atoms with Gasteiger partial charge in [0.25, 0.3) is 17.5 Å². The summed E-state index contributed by atoms with van der Waals surface area (Å²) in [5.74, 6) is -0.552. The second kappa shape index (κ2) is 9.29. The molecule has 1 aromatic carbocycles. The van der Waals surface area contributed by atoms with Gasteiger partial charge in [-0.1, -0.05) is 0 Å². The summed E-state index contributed by atoms with van der Waals surface area (Å²) >= 11 is 1.33. The van der Waals surface area contributed by atoms with Crippen molar-refractivity contribution in [1.82, 2.24) is 15.8 Å². The Balaban J connectivity index is 1.64. The third kappa shape index (κ3) is 5.05. The number of amides is 2. The summed E-state index contributed by atoms with van der Waals surface area (Å²) in [6.07, 6.45) is 4.94. The molecule has 28 heavy (non-hydrogen) atoms. The first kappa shape index (κ1) is 19.8. The lowest BCUT2D eigenvalue weighted by atomic mass is 10.2. The number of aromatic nitrogens is 1. The number of thioether (sulfide) groups is 1. The van der Waals surface area contributed by atoms with E-state index < -0.39 is 16.7 Å². The fourth-order valence-electron chi connectivity index (χ4n) is 2.64. The first-order chi connectivity index (χ1) is 13.5. The number of nitro benzene ring substituents is 1. The van der Waals surface area contributed by atoms with Crippen molar-refractivity contribution in [3.8, 4) is 0 Å². The number of ether oxygens (including phenoxy) is 1. The zero-order valence-corrected chi connectivity index (χ0v) is 15.6. The van der Waals surface area contributed by atoms with Crippen molar-refractivity contribution in [1.29, 1.82) is 0 Å². The summed E-state index contributed by atoms with van der Waals surface area (Å²) < 4.78 is 5.53. The number of pyridine rings is 1. The van der Waals surface area contributed by atoms with Gasteiger partial charge in [0, 0.05) is 41.9 Å². The molecule has 0 bridgehead atoms. The lowest BCUT2D eigenvalue weighted by Crippen LogP contribution is -2.41. The van der Waals surface area contributed by atoms with Crippen LogP contribution in [0.15, 0.2) is 47.6 Å². The number of hydrogen-bond acceptors (Lipinski definition) is 7. The Bertz CT molecular complexity index is 872. The number of nitrogens with one attached hydrogen (secondary N) is 2. The summed E-state index contributed by atoms with van der Waals surface area (Å²) in [6, 6.07) is 7.21. The van der Waals surface area contributed by atoms with Crippen LogP contribution in [0.2, 0.25) is 0 Å².